The molecule has 0 amide bonds. The molecular weight excluding hydrogens is 258 g/mol. The molecule has 0 aromatic heterocycles. The minimum atomic E-state index is -0.442. The molecule has 0 spiro atoms. The SMILES string of the molecule is CC1(C)CNC(C2CC2)CN1Cc1c(F)cccc1F. The molecule has 2 aliphatic rings. The molecule has 2 fully saturated rings. The van der Waals surface area contributed by atoms with Crippen molar-refractivity contribution in [1.29, 1.82) is 0 Å². The Morgan fingerprint density at radius 1 is 1.25 bits per heavy atom. The smallest absolute Gasteiger partial charge is 0.130 e. The van der Waals surface area contributed by atoms with Gasteiger partial charge in [-0.25, -0.2) is 8.78 Å². The second-order valence-corrected chi connectivity index (χ2v) is 6.72. The number of nitrogens with zero attached hydrogens (tertiary/aromatic N) is 1. The van der Waals surface area contributed by atoms with E-state index >= 15 is 0 Å². The fourth-order valence-electron chi connectivity index (χ4n) is 3.01. The van der Waals surface area contributed by atoms with Crippen LogP contribution in [0.5, 0.6) is 0 Å². The lowest BCUT2D eigenvalue weighted by molar-refractivity contribution is 0.0514. The van der Waals surface area contributed by atoms with Crippen LogP contribution in [0.25, 0.3) is 0 Å². The molecule has 0 radical (unpaired) electrons. The Hall–Kier alpha value is -1.00. The third-order valence-corrected chi connectivity index (χ3v) is 4.67. The zero-order valence-electron chi connectivity index (χ0n) is 12.1. The molecule has 20 heavy (non-hydrogen) atoms. The average Bonchev–Trinajstić information content (AvgIpc) is 3.20. The van der Waals surface area contributed by atoms with Gasteiger partial charge in [-0.15, -0.1) is 0 Å². The highest BCUT2D eigenvalue weighted by molar-refractivity contribution is 5.20. The number of benzene rings is 1. The number of hydrogen-bond acceptors (Lipinski definition) is 2. The van der Waals surface area contributed by atoms with Crippen LogP contribution in [-0.4, -0.2) is 29.6 Å². The number of halogens is 2. The van der Waals surface area contributed by atoms with E-state index in [1.54, 1.807) is 0 Å². The quantitative estimate of drug-likeness (QED) is 0.916. The van der Waals surface area contributed by atoms with E-state index in [1.165, 1.54) is 31.0 Å². The van der Waals surface area contributed by atoms with Gasteiger partial charge in [-0.1, -0.05) is 6.07 Å². The summed E-state index contributed by atoms with van der Waals surface area (Å²) in [5, 5.41) is 3.59. The van der Waals surface area contributed by atoms with Gasteiger partial charge in [-0.05, 0) is 44.7 Å². The summed E-state index contributed by atoms with van der Waals surface area (Å²) in [4.78, 5) is 2.22. The van der Waals surface area contributed by atoms with Crippen LogP contribution in [-0.2, 0) is 6.54 Å². The third-order valence-electron chi connectivity index (χ3n) is 4.67. The molecule has 1 heterocycles. The van der Waals surface area contributed by atoms with Crippen molar-refractivity contribution in [3.63, 3.8) is 0 Å². The summed E-state index contributed by atoms with van der Waals surface area (Å²) in [6.45, 7) is 6.33. The van der Waals surface area contributed by atoms with Gasteiger partial charge in [0.1, 0.15) is 11.6 Å². The predicted molar refractivity (Wildman–Crippen MR) is 75.4 cm³/mol. The number of nitrogens with one attached hydrogen (secondary N) is 1. The van der Waals surface area contributed by atoms with E-state index < -0.39 is 11.6 Å². The molecule has 1 unspecified atom stereocenters. The first-order chi connectivity index (χ1) is 9.47. The van der Waals surface area contributed by atoms with Crippen molar-refractivity contribution >= 4 is 0 Å². The molecular formula is C16H22F2N2. The van der Waals surface area contributed by atoms with Gasteiger partial charge in [0.25, 0.3) is 0 Å². The molecule has 0 bridgehead atoms. The molecule has 1 saturated carbocycles. The first-order valence-corrected chi connectivity index (χ1v) is 7.39. The van der Waals surface area contributed by atoms with Crippen LogP contribution in [0.3, 0.4) is 0 Å². The van der Waals surface area contributed by atoms with Crippen LogP contribution in [0, 0.1) is 17.6 Å². The largest absolute Gasteiger partial charge is 0.311 e. The lowest BCUT2D eigenvalue weighted by Gasteiger charge is -2.46. The Bertz CT molecular complexity index is 477. The van der Waals surface area contributed by atoms with Crippen molar-refractivity contribution in [2.24, 2.45) is 5.92 Å². The number of rotatable bonds is 3. The lowest BCUT2D eigenvalue weighted by atomic mass is 9.94. The third kappa shape index (κ3) is 2.72. The summed E-state index contributed by atoms with van der Waals surface area (Å²) in [5.74, 6) is -0.135. The Morgan fingerprint density at radius 3 is 2.50 bits per heavy atom. The minimum Gasteiger partial charge on any atom is -0.311 e. The average molecular weight is 280 g/mol. The van der Waals surface area contributed by atoms with E-state index in [0.29, 0.717) is 12.6 Å². The van der Waals surface area contributed by atoms with E-state index in [9.17, 15) is 8.78 Å². The first kappa shape index (κ1) is 14.0. The van der Waals surface area contributed by atoms with Crippen LogP contribution in [0.1, 0.15) is 32.3 Å². The number of piperazine rings is 1. The fourth-order valence-corrected chi connectivity index (χ4v) is 3.01. The monoisotopic (exact) mass is 280 g/mol. The second-order valence-electron chi connectivity index (χ2n) is 6.72. The second kappa shape index (κ2) is 5.08. The molecule has 1 N–H and O–H groups in total. The molecule has 110 valence electrons. The standard InChI is InChI=1S/C16H22F2N2/c1-16(2)10-19-15(11-6-7-11)9-20(16)8-12-13(17)4-3-5-14(12)18/h3-5,11,15,19H,6-10H2,1-2H3. The summed E-state index contributed by atoms with van der Waals surface area (Å²) in [5.41, 5.74) is 0.108. The molecule has 1 atom stereocenters. The molecule has 1 aliphatic heterocycles. The maximum absolute atomic E-state index is 13.8. The van der Waals surface area contributed by atoms with Crippen molar-refractivity contribution < 1.29 is 8.78 Å². The zero-order chi connectivity index (χ0) is 14.3. The summed E-state index contributed by atoms with van der Waals surface area (Å²) in [7, 11) is 0. The van der Waals surface area contributed by atoms with Crippen molar-refractivity contribution in [2.45, 2.75) is 44.8 Å². The Balaban J connectivity index is 1.79. The first-order valence-electron chi connectivity index (χ1n) is 7.39. The van der Waals surface area contributed by atoms with E-state index in [0.717, 1.165) is 19.0 Å². The van der Waals surface area contributed by atoms with Crippen LogP contribution in [0.4, 0.5) is 8.78 Å². The van der Waals surface area contributed by atoms with E-state index in [-0.39, 0.29) is 11.1 Å². The zero-order valence-corrected chi connectivity index (χ0v) is 12.1. The predicted octanol–water partition coefficient (Wildman–Crippen LogP) is 2.93. The van der Waals surface area contributed by atoms with Crippen LogP contribution in [0.2, 0.25) is 0 Å². The summed E-state index contributed by atoms with van der Waals surface area (Å²) in [6, 6.07) is 4.57. The summed E-state index contributed by atoms with van der Waals surface area (Å²) in [6.07, 6.45) is 2.56. The van der Waals surface area contributed by atoms with Crippen molar-refractivity contribution in [3.05, 3.63) is 35.4 Å². The summed E-state index contributed by atoms with van der Waals surface area (Å²) >= 11 is 0. The number of hydrogen-bond donors (Lipinski definition) is 1. The topological polar surface area (TPSA) is 15.3 Å². The molecule has 2 nitrogen and oxygen atoms in total. The van der Waals surface area contributed by atoms with Crippen LogP contribution >= 0.6 is 0 Å². The van der Waals surface area contributed by atoms with Crippen LogP contribution < -0.4 is 5.32 Å². The van der Waals surface area contributed by atoms with Crippen molar-refractivity contribution in [1.82, 2.24) is 10.2 Å². The highest BCUT2D eigenvalue weighted by Crippen LogP contribution is 2.36. The van der Waals surface area contributed by atoms with Gasteiger partial charge in [0, 0.05) is 36.8 Å². The molecule has 4 heteroatoms. The molecule has 1 aromatic carbocycles. The van der Waals surface area contributed by atoms with Gasteiger partial charge in [0.15, 0.2) is 0 Å². The van der Waals surface area contributed by atoms with Gasteiger partial charge in [0.2, 0.25) is 0 Å². The maximum atomic E-state index is 13.8. The van der Waals surface area contributed by atoms with Gasteiger partial charge >= 0.3 is 0 Å². The lowest BCUT2D eigenvalue weighted by Crippen LogP contribution is -2.62. The molecule has 3 rings (SSSR count). The molecule has 1 saturated heterocycles. The van der Waals surface area contributed by atoms with E-state index in [4.69, 9.17) is 0 Å². The highest BCUT2D eigenvalue weighted by atomic mass is 19.1. The van der Waals surface area contributed by atoms with Crippen molar-refractivity contribution in [2.75, 3.05) is 13.1 Å². The fraction of sp³-hybridized carbons (Fsp3) is 0.625. The van der Waals surface area contributed by atoms with Crippen LogP contribution in [0.15, 0.2) is 18.2 Å². The summed E-state index contributed by atoms with van der Waals surface area (Å²) < 4.78 is 27.7. The Kier molecular flexibility index (Phi) is 3.55. The van der Waals surface area contributed by atoms with Gasteiger partial charge in [-0.3, -0.25) is 4.90 Å². The molecule has 1 aromatic rings. The van der Waals surface area contributed by atoms with Gasteiger partial charge in [0.05, 0.1) is 0 Å². The minimum absolute atomic E-state index is 0.0832. The Morgan fingerprint density at radius 2 is 1.90 bits per heavy atom. The highest BCUT2D eigenvalue weighted by Gasteiger charge is 2.40. The normalized spacial score (nSPS) is 26.7. The molecule has 1 aliphatic carbocycles. The van der Waals surface area contributed by atoms with E-state index in [1.807, 2.05) is 0 Å². The van der Waals surface area contributed by atoms with E-state index in [2.05, 4.69) is 24.1 Å². The van der Waals surface area contributed by atoms with Gasteiger partial charge < -0.3 is 5.32 Å². The maximum Gasteiger partial charge on any atom is 0.130 e. The van der Waals surface area contributed by atoms with Gasteiger partial charge in [-0.2, -0.15) is 0 Å². The van der Waals surface area contributed by atoms with Crippen molar-refractivity contribution in [3.8, 4) is 0 Å². The Labute approximate surface area is 119 Å².